The second-order valence-electron chi connectivity index (χ2n) is 11.4. The first-order valence-corrected chi connectivity index (χ1v) is 15.6. The second-order valence-corrected chi connectivity index (χ2v) is 12.4. The first-order chi connectivity index (χ1) is 20.8. The smallest absolute Gasteiger partial charge is 0.118 e. The fraction of sp³-hybridized carbons (Fsp3) is 0.103. The molecule has 2 nitrogen and oxygen atoms in total. The van der Waals surface area contributed by atoms with Gasteiger partial charge < -0.3 is 0 Å². The molecule has 0 saturated heterocycles. The molecule has 8 aromatic rings. The molecule has 0 spiro atoms. The molecule has 6 aromatic carbocycles. The average molecular weight is 557 g/mol. The van der Waals surface area contributed by atoms with Crippen LogP contribution in [0.2, 0.25) is 0 Å². The molecule has 0 fully saturated rings. The summed E-state index contributed by atoms with van der Waals surface area (Å²) in [7, 11) is 0. The van der Waals surface area contributed by atoms with E-state index in [9.17, 15) is 0 Å². The number of rotatable bonds is 2. The number of nitrogens with zero attached hydrogens (tertiary/aromatic N) is 2. The summed E-state index contributed by atoms with van der Waals surface area (Å²) in [5.74, 6) is 1.59. The van der Waals surface area contributed by atoms with Crippen LogP contribution in [0.25, 0.3) is 52.8 Å². The Bertz CT molecular complexity index is 2360. The van der Waals surface area contributed by atoms with E-state index < -0.39 is 0 Å². The molecule has 0 amide bonds. The molecular weight excluding hydrogens is 529 g/mol. The van der Waals surface area contributed by atoms with Crippen LogP contribution in [0.4, 0.5) is 5.69 Å². The molecule has 9 rings (SSSR count). The molecule has 2 atom stereocenters. The molecule has 3 heteroatoms. The highest BCUT2D eigenvalue weighted by Gasteiger charge is 2.36. The van der Waals surface area contributed by atoms with E-state index in [0.717, 1.165) is 17.9 Å². The van der Waals surface area contributed by atoms with Crippen molar-refractivity contribution in [1.82, 2.24) is 4.57 Å². The van der Waals surface area contributed by atoms with Gasteiger partial charge in [0.2, 0.25) is 0 Å². The molecule has 42 heavy (non-hydrogen) atoms. The van der Waals surface area contributed by atoms with E-state index >= 15 is 0 Å². The monoisotopic (exact) mass is 556 g/mol. The highest BCUT2D eigenvalue weighted by atomic mass is 32.1. The molecule has 0 radical (unpaired) electrons. The molecule has 3 heterocycles. The summed E-state index contributed by atoms with van der Waals surface area (Å²) in [4.78, 5) is 5.54. The van der Waals surface area contributed by atoms with Gasteiger partial charge >= 0.3 is 0 Å². The third-order valence-corrected chi connectivity index (χ3v) is 10.4. The lowest BCUT2D eigenvalue weighted by atomic mass is 9.76. The number of aromatic nitrogens is 1. The molecule has 200 valence electrons. The summed E-state index contributed by atoms with van der Waals surface area (Å²) in [6.07, 6.45) is 0.990. The third-order valence-electron chi connectivity index (χ3n) is 9.22. The van der Waals surface area contributed by atoms with E-state index in [1.807, 2.05) is 11.3 Å². The Hall–Kier alpha value is -4.73. The Morgan fingerprint density at radius 2 is 1.29 bits per heavy atom. The number of aliphatic imine (C=N–C) groups is 1. The fourth-order valence-corrected chi connectivity index (χ4v) is 8.75. The van der Waals surface area contributed by atoms with Crippen molar-refractivity contribution in [1.29, 1.82) is 0 Å². The maximum absolute atomic E-state index is 5.54. The SMILES string of the molecule is CCC1C(n2c3ccccc3c3c4ccccc4c4c5ccccc5sc4c32)=Nc2ccccc2C1c1ccccc1. The van der Waals surface area contributed by atoms with Crippen LogP contribution in [0, 0.1) is 5.92 Å². The van der Waals surface area contributed by atoms with Crippen LogP contribution >= 0.6 is 11.3 Å². The van der Waals surface area contributed by atoms with Crippen LogP contribution in [0.1, 0.15) is 30.4 Å². The van der Waals surface area contributed by atoms with Crippen LogP contribution in [0.5, 0.6) is 0 Å². The van der Waals surface area contributed by atoms with Crippen molar-refractivity contribution < 1.29 is 0 Å². The van der Waals surface area contributed by atoms with Gasteiger partial charge in [-0.15, -0.1) is 11.3 Å². The van der Waals surface area contributed by atoms with Gasteiger partial charge in [0.1, 0.15) is 5.84 Å². The minimum Gasteiger partial charge on any atom is -0.295 e. The van der Waals surface area contributed by atoms with Gasteiger partial charge in [-0.05, 0) is 46.5 Å². The van der Waals surface area contributed by atoms with Gasteiger partial charge in [0.05, 0.1) is 21.4 Å². The second kappa shape index (κ2) is 9.14. The molecule has 0 bridgehead atoms. The van der Waals surface area contributed by atoms with E-state index in [1.165, 1.54) is 63.9 Å². The van der Waals surface area contributed by atoms with Crippen molar-refractivity contribution in [2.24, 2.45) is 10.9 Å². The summed E-state index contributed by atoms with van der Waals surface area (Å²) < 4.78 is 5.20. The summed E-state index contributed by atoms with van der Waals surface area (Å²) in [5.41, 5.74) is 6.26. The van der Waals surface area contributed by atoms with Crippen molar-refractivity contribution in [3.8, 4) is 0 Å². The summed E-state index contributed by atoms with van der Waals surface area (Å²) in [5, 5.41) is 7.93. The minimum absolute atomic E-state index is 0.220. The molecule has 0 aliphatic carbocycles. The zero-order valence-electron chi connectivity index (χ0n) is 23.3. The third kappa shape index (κ3) is 3.23. The summed E-state index contributed by atoms with van der Waals surface area (Å²) >= 11 is 1.92. The highest BCUT2D eigenvalue weighted by Crippen LogP contribution is 2.49. The Kier molecular flexibility index (Phi) is 5.20. The molecule has 1 aliphatic rings. The van der Waals surface area contributed by atoms with Crippen molar-refractivity contribution in [2.75, 3.05) is 0 Å². The van der Waals surface area contributed by atoms with Crippen LogP contribution in [0.15, 0.2) is 132 Å². The maximum Gasteiger partial charge on any atom is 0.118 e. The lowest BCUT2D eigenvalue weighted by Crippen LogP contribution is -2.31. The highest BCUT2D eigenvalue weighted by molar-refractivity contribution is 7.27. The quantitative estimate of drug-likeness (QED) is 0.201. The Labute approximate surface area is 248 Å². The van der Waals surface area contributed by atoms with Gasteiger partial charge in [0.25, 0.3) is 0 Å². The fourth-order valence-electron chi connectivity index (χ4n) is 7.50. The van der Waals surface area contributed by atoms with E-state index in [-0.39, 0.29) is 11.8 Å². The van der Waals surface area contributed by atoms with E-state index in [4.69, 9.17) is 4.99 Å². The minimum atomic E-state index is 0.220. The molecule has 1 aliphatic heterocycles. The lowest BCUT2D eigenvalue weighted by Gasteiger charge is -2.34. The largest absolute Gasteiger partial charge is 0.295 e. The molecular formula is C39H28N2S. The first-order valence-electron chi connectivity index (χ1n) is 14.8. The Morgan fingerprint density at radius 1 is 0.643 bits per heavy atom. The predicted molar refractivity (Wildman–Crippen MR) is 181 cm³/mol. The summed E-state index contributed by atoms with van der Waals surface area (Å²) in [6.45, 7) is 2.32. The number of benzene rings is 6. The zero-order chi connectivity index (χ0) is 27.8. The molecule has 0 N–H and O–H groups in total. The van der Waals surface area contributed by atoms with Gasteiger partial charge in [-0.3, -0.25) is 4.57 Å². The Morgan fingerprint density at radius 3 is 2.10 bits per heavy atom. The van der Waals surface area contributed by atoms with Crippen molar-refractivity contribution in [2.45, 2.75) is 19.3 Å². The van der Waals surface area contributed by atoms with Crippen LogP contribution in [-0.4, -0.2) is 10.4 Å². The van der Waals surface area contributed by atoms with Gasteiger partial charge in [-0.25, -0.2) is 4.99 Å². The average Bonchev–Trinajstić information content (AvgIpc) is 3.61. The van der Waals surface area contributed by atoms with Crippen LogP contribution in [-0.2, 0) is 0 Å². The van der Waals surface area contributed by atoms with Crippen LogP contribution < -0.4 is 0 Å². The molecule has 0 saturated carbocycles. The van der Waals surface area contributed by atoms with Crippen molar-refractivity contribution >= 4 is 75.6 Å². The van der Waals surface area contributed by atoms with Gasteiger partial charge in [-0.2, -0.15) is 0 Å². The number of thiophene rings is 1. The van der Waals surface area contributed by atoms with E-state index in [0.29, 0.717) is 0 Å². The van der Waals surface area contributed by atoms with Crippen molar-refractivity contribution in [3.05, 3.63) is 139 Å². The normalized spacial score (nSPS) is 16.9. The van der Waals surface area contributed by atoms with Crippen molar-refractivity contribution in [3.63, 3.8) is 0 Å². The number of para-hydroxylation sites is 2. The van der Waals surface area contributed by atoms with E-state index in [1.54, 1.807) is 0 Å². The van der Waals surface area contributed by atoms with Crippen LogP contribution in [0.3, 0.4) is 0 Å². The van der Waals surface area contributed by atoms with Gasteiger partial charge in [0, 0.05) is 38.1 Å². The number of fused-ring (bicyclic) bond motifs is 11. The van der Waals surface area contributed by atoms with Gasteiger partial charge in [-0.1, -0.05) is 116 Å². The standard InChI is InChI=1S/C39H28N2S/c1-2-25-34(24-14-4-3-5-15-24)28-18-8-11-21-31(28)40-39(25)41-32-22-12-9-19-29(32)35-26-16-6-7-17-27(26)36-30-20-10-13-23-33(30)42-38(36)37(35)41/h3-23,25,34H,2H2,1H3. The topological polar surface area (TPSA) is 17.3 Å². The van der Waals surface area contributed by atoms with E-state index in [2.05, 4.69) is 139 Å². The Balaban J connectivity index is 1.49. The number of hydrogen-bond donors (Lipinski definition) is 0. The molecule has 2 aromatic heterocycles. The first kappa shape index (κ1) is 23.9. The number of hydrogen-bond acceptors (Lipinski definition) is 2. The summed E-state index contributed by atoms with van der Waals surface area (Å²) in [6, 6.07) is 46.6. The lowest BCUT2D eigenvalue weighted by molar-refractivity contribution is 0.565. The zero-order valence-corrected chi connectivity index (χ0v) is 24.1. The molecule has 2 unspecified atom stereocenters. The van der Waals surface area contributed by atoms with Gasteiger partial charge in [0.15, 0.2) is 0 Å². The predicted octanol–water partition coefficient (Wildman–Crippen LogP) is 11.1. The maximum atomic E-state index is 5.54.